The standard InChI is InChI=1S/C35H45N3O9/c1-8-14-37-28-23-16-19(2)17-26(45-7)30(39)21(4)18-22(5)33(47-35(36)43)25(44-6)12-9-11-20(3)34(42)38-29(31(23)40)27(32(28)41)24-13-10-15-46-24/h8-13,15,18-19,21,25-26,30,33,37,39H,1,14,16-17H2,2-7H3,(H2,36,43)(H,38,42)/b12-9-,20-11+,22-18+/t19-,21+,25+,26+,30-,33+/m1/s1. The topological polar surface area (TPSA) is 179 Å². The van der Waals surface area contributed by atoms with Gasteiger partial charge in [-0.25, -0.2) is 4.79 Å². The number of ether oxygens (including phenoxy) is 3. The highest BCUT2D eigenvalue weighted by Gasteiger charge is 2.38. The van der Waals surface area contributed by atoms with Crippen LogP contribution in [0.25, 0.3) is 5.57 Å². The number of nitrogens with two attached hydrogens (primary N) is 1. The van der Waals surface area contributed by atoms with Crippen molar-refractivity contribution in [3.63, 3.8) is 0 Å². The monoisotopic (exact) mass is 651 g/mol. The van der Waals surface area contributed by atoms with E-state index >= 15 is 0 Å². The molecule has 254 valence electrons. The molecule has 1 aliphatic carbocycles. The van der Waals surface area contributed by atoms with Crippen LogP contribution < -0.4 is 16.4 Å². The molecule has 1 aromatic heterocycles. The van der Waals surface area contributed by atoms with Crippen molar-refractivity contribution >= 4 is 29.1 Å². The summed E-state index contributed by atoms with van der Waals surface area (Å²) in [4.78, 5) is 53.5. The van der Waals surface area contributed by atoms with Crippen molar-refractivity contribution in [1.29, 1.82) is 0 Å². The van der Waals surface area contributed by atoms with E-state index in [0.717, 1.165) is 0 Å². The third-order valence-corrected chi connectivity index (χ3v) is 8.14. The Morgan fingerprint density at radius 1 is 1.19 bits per heavy atom. The zero-order valence-corrected chi connectivity index (χ0v) is 27.7. The smallest absolute Gasteiger partial charge is 0.405 e. The van der Waals surface area contributed by atoms with Gasteiger partial charge >= 0.3 is 6.09 Å². The molecule has 6 atom stereocenters. The molecule has 2 amide bonds. The number of rotatable bonds is 7. The highest BCUT2D eigenvalue weighted by atomic mass is 16.6. The number of allylic oxidation sites excluding steroid dienone is 4. The van der Waals surface area contributed by atoms with Gasteiger partial charge in [0.05, 0.1) is 29.7 Å². The van der Waals surface area contributed by atoms with Crippen molar-refractivity contribution in [2.75, 3.05) is 20.8 Å². The molecule has 0 radical (unpaired) electrons. The van der Waals surface area contributed by atoms with E-state index in [4.69, 9.17) is 24.4 Å². The number of aliphatic hydroxyl groups excluding tert-OH is 1. The molecular formula is C35H45N3O9. The maximum absolute atomic E-state index is 14.2. The third kappa shape index (κ3) is 9.06. The summed E-state index contributed by atoms with van der Waals surface area (Å²) in [5.41, 5.74) is 6.12. The maximum atomic E-state index is 14.2. The van der Waals surface area contributed by atoms with E-state index in [9.17, 15) is 24.3 Å². The molecular weight excluding hydrogens is 606 g/mol. The highest BCUT2D eigenvalue weighted by molar-refractivity contribution is 6.39. The van der Waals surface area contributed by atoms with E-state index in [-0.39, 0.29) is 52.8 Å². The predicted molar refractivity (Wildman–Crippen MR) is 175 cm³/mol. The fourth-order valence-electron chi connectivity index (χ4n) is 5.68. The zero-order valence-electron chi connectivity index (χ0n) is 27.7. The number of furan rings is 1. The number of Topliss-reactive ketones (excluding diaryl/α,β-unsaturated/α-hetero) is 2. The van der Waals surface area contributed by atoms with Crippen LogP contribution in [-0.2, 0) is 28.6 Å². The fourth-order valence-corrected chi connectivity index (χ4v) is 5.68. The number of methoxy groups -OCH3 is 2. The Labute approximate surface area is 275 Å². The Kier molecular flexibility index (Phi) is 13.3. The van der Waals surface area contributed by atoms with Gasteiger partial charge in [0.2, 0.25) is 11.6 Å². The molecule has 0 saturated carbocycles. The number of hydrogen-bond acceptors (Lipinski definition) is 10. The van der Waals surface area contributed by atoms with Crippen molar-refractivity contribution in [2.45, 2.75) is 65.0 Å². The van der Waals surface area contributed by atoms with Crippen LogP contribution in [0.3, 0.4) is 0 Å². The van der Waals surface area contributed by atoms with Crippen molar-refractivity contribution in [2.24, 2.45) is 17.6 Å². The summed E-state index contributed by atoms with van der Waals surface area (Å²) < 4.78 is 22.2. The van der Waals surface area contributed by atoms with Crippen molar-refractivity contribution < 1.29 is 42.9 Å². The molecule has 0 fully saturated rings. The number of nitrogens with one attached hydrogen (secondary N) is 2. The average Bonchev–Trinajstić information content (AvgIpc) is 3.56. The molecule has 2 aliphatic rings. The van der Waals surface area contributed by atoms with Crippen LogP contribution in [0.1, 0.15) is 46.3 Å². The number of primary amides is 1. The van der Waals surface area contributed by atoms with E-state index in [1.165, 1.54) is 32.6 Å². The van der Waals surface area contributed by atoms with Gasteiger partial charge in [0.1, 0.15) is 17.6 Å². The average molecular weight is 652 g/mol. The summed E-state index contributed by atoms with van der Waals surface area (Å²) >= 11 is 0. The van der Waals surface area contributed by atoms with Crippen molar-refractivity contribution in [3.05, 3.63) is 89.2 Å². The first kappa shape index (κ1) is 36.9. The summed E-state index contributed by atoms with van der Waals surface area (Å²) in [5, 5.41) is 17.0. The van der Waals surface area contributed by atoms with Gasteiger partial charge < -0.3 is 40.1 Å². The number of carbonyl (C=O) groups is 4. The van der Waals surface area contributed by atoms with Gasteiger partial charge in [-0.1, -0.05) is 44.2 Å². The summed E-state index contributed by atoms with van der Waals surface area (Å²) in [5.74, 6) is -2.31. The van der Waals surface area contributed by atoms with E-state index in [1.54, 1.807) is 51.1 Å². The van der Waals surface area contributed by atoms with Gasteiger partial charge in [0, 0.05) is 37.8 Å². The molecule has 0 spiro atoms. The number of aliphatic hydroxyl groups is 1. The largest absolute Gasteiger partial charge is 0.464 e. The lowest BCUT2D eigenvalue weighted by molar-refractivity contribution is -0.120. The SMILES string of the molecule is C=CCNC1=C2C[C@@H](C)C[C@H](OC)[C@H](O)[C@@H](C)/C=C(\C)[C@H](OC(N)=O)[C@@H](OC)/C=C\C=C(/C)C(=O)NC(=C(c3ccco3)C1=O)C2=O. The molecule has 0 aromatic carbocycles. The van der Waals surface area contributed by atoms with Crippen molar-refractivity contribution in [3.8, 4) is 0 Å². The highest BCUT2D eigenvalue weighted by Crippen LogP contribution is 2.34. The number of carbonyl (C=O) groups excluding carboxylic acids is 4. The summed E-state index contributed by atoms with van der Waals surface area (Å²) in [6.07, 6.45) is 5.33. The Hall–Kier alpha value is -4.52. The maximum Gasteiger partial charge on any atom is 0.405 e. The predicted octanol–water partition coefficient (Wildman–Crippen LogP) is 3.66. The van der Waals surface area contributed by atoms with Crippen LogP contribution >= 0.6 is 0 Å². The van der Waals surface area contributed by atoms with Crippen LogP contribution in [0.2, 0.25) is 0 Å². The zero-order chi connectivity index (χ0) is 34.8. The minimum atomic E-state index is -1.01. The molecule has 3 rings (SSSR count). The molecule has 12 heteroatoms. The number of fused-ring (bicyclic) bond motifs is 2. The van der Waals surface area contributed by atoms with Gasteiger partial charge in [-0.2, -0.15) is 0 Å². The van der Waals surface area contributed by atoms with Crippen LogP contribution in [0.5, 0.6) is 0 Å². The van der Waals surface area contributed by atoms with Gasteiger partial charge in [-0.05, 0) is 50.3 Å². The van der Waals surface area contributed by atoms with Crippen LogP contribution in [0, 0.1) is 11.8 Å². The van der Waals surface area contributed by atoms with Gasteiger partial charge in [0.15, 0.2) is 6.10 Å². The Bertz CT molecular complexity index is 1500. The van der Waals surface area contributed by atoms with E-state index in [2.05, 4.69) is 17.2 Å². The van der Waals surface area contributed by atoms with E-state index in [0.29, 0.717) is 12.0 Å². The summed E-state index contributed by atoms with van der Waals surface area (Å²) in [6, 6.07) is 3.12. The molecule has 1 aliphatic heterocycles. The van der Waals surface area contributed by atoms with Crippen molar-refractivity contribution in [1.82, 2.24) is 10.6 Å². The summed E-state index contributed by atoms with van der Waals surface area (Å²) in [6.45, 7) is 10.9. The molecule has 0 saturated heterocycles. The van der Waals surface area contributed by atoms with Gasteiger partial charge in [0.25, 0.3) is 5.91 Å². The Balaban J connectivity index is 2.21. The second-order valence-corrected chi connectivity index (χ2v) is 11.7. The molecule has 5 N–H and O–H groups in total. The number of ketones is 2. The Morgan fingerprint density at radius 3 is 2.51 bits per heavy atom. The first-order chi connectivity index (χ1) is 22.3. The third-order valence-electron chi connectivity index (χ3n) is 8.14. The number of amides is 2. The number of hydrogen-bond donors (Lipinski definition) is 4. The quantitative estimate of drug-likeness (QED) is 0.251. The molecule has 2 bridgehead atoms. The minimum absolute atomic E-state index is 0.0831. The van der Waals surface area contributed by atoms with Crippen LogP contribution in [0.4, 0.5) is 4.79 Å². The normalized spacial score (nSPS) is 29.7. The molecule has 2 heterocycles. The molecule has 0 unspecified atom stereocenters. The second-order valence-electron chi connectivity index (χ2n) is 11.7. The van der Waals surface area contributed by atoms with E-state index < -0.39 is 53.9 Å². The second kappa shape index (κ2) is 16.9. The van der Waals surface area contributed by atoms with Crippen LogP contribution in [-0.4, -0.2) is 73.9 Å². The van der Waals surface area contributed by atoms with Gasteiger partial charge in [-0.3, -0.25) is 14.4 Å². The van der Waals surface area contributed by atoms with E-state index in [1.807, 2.05) is 6.92 Å². The lowest BCUT2D eigenvalue weighted by Gasteiger charge is -2.30. The first-order valence-corrected chi connectivity index (χ1v) is 15.3. The summed E-state index contributed by atoms with van der Waals surface area (Å²) in [7, 11) is 2.91. The van der Waals surface area contributed by atoms with Crippen LogP contribution in [0.15, 0.2) is 87.9 Å². The minimum Gasteiger partial charge on any atom is -0.464 e. The molecule has 12 nitrogen and oxygen atoms in total. The molecule has 1 aromatic rings. The Morgan fingerprint density at radius 2 is 1.91 bits per heavy atom. The lowest BCUT2D eigenvalue weighted by Crippen LogP contribution is -2.39. The lowest BCUT2D eigenvalue weighted by atomic mass is 9.82. The first-order valence-electron chi connectivity index (χ1n) is 15.3. The van der Waals surface area contributed by atoms with Gasteiger partial charge in [-0.15, -0.1) is 6.58 Å². The molecule has 47 heavy (non-hydrogen) atoms. The fraction of sp³-hybridized carbons (Fsp3) is 0.429.